The van der Waals surface area contributed by atoms with Gasteiger partial charge in [0.1, 0.15) is 0 Å². The number of nitrogens with zero attached hydrogens (tertiary/aromatic N) is 3. The van der Waals surface area contributed by atoms with E-state index >= 15 is 0 Å². The Balaban J connectivity index is 0.00000484. The molecule has 0 aromatic carbocycles. The van der Waals surface area contributed by atoms with E-state index < -0.39 is 0 Å². The molecule has 1 fully saturated rings. The highest BCUT2D eigenvalue weighted by atomic mass is 127. The zero-order valence-electron chi connectivity index (χ0n) is 14.8. The number of carbonyl (C=O) groups excluding carboxylic acids is 2. The van der Waals surface area contributed by atoms with Crippen LogP contribution < -0.4 is 10.6 Å². The van der Waals surface area contributed by atoms with Crippen LogP contribution in [0, 0.1) is 5.92 Å². The van der Waals surface area contributed by atoms with Crippen molar-refractivity contribution >= 4 is 41.8 Å². The molecule has 0 spiro atoms. The zero-order valence-corrected chi connectivity index (χ0v) is 17.1. The third kappa shape index (κ3) is 7.36. The molecule has 1 aliphatic carbocycles. The van der Waals surface area contributed by atoms with Crippen molar-refractivity contribution in [3.8, 4) is 0 Å². The van der Waals surface area contributed by atoms with Gasteiger partial charge in [0, 0.05) is 47.2 Å². The van der Waals surface area contributed by atoms with Crippen molar-refractivity contribution in [1.29, 1.82) is 0 Å². The number of carbonyl (C=O) groups is 2. The molecule has 0 radical (unpaired) electrons. The van der Waals surface area contributed by atoms with Gasteiger partial charge in [-0.25, -0.2) is 0 Å². The summed E-state index contributed by atoms with van der Waals surface area (Å²) in [6, 6.07) is 0.211. The third-order valence-electron chi connectivity index (χ3n) is 3.93. The molecule has 2 N–H and O–H groups in total. The Morgan fingerprint density at radius 3 is 2.30 bits per heavy atom. The van der Waals surface area contributed by atoms with Gasteiger partial charge in [-0.2, -0.15) is 0 Å². The van der Waals surface area contributed by atoms with Crippen LogP contribution in [0.5, 0.6) is 0 Å². The molecule has 1 rings (SSSR count). The van der Waals surface area contributed by atoms with Gasteiger partial charge in [0.2, 0.25) is 11.8 Å². The second-order valence-electron chi connectivity index (χ2n) is 6.15. The fourth-order valence-corrected chi connectivity index (χ4v) is 2.62. The molecular formula is C15H30IN5O2. The number of hydrogen-bond acceptors (Lipinski definition) is 3. The Hall–Kier alpha value is -1.06. The van der Waals surface area contributed by atoms with Crippen molar-refractivity contribution in [1.82, 2.24) is 20.4 Å². The van der Waals surface area contributed by atoms with E-state index in [1.807, 2.05) is 0 Å². The summed E-state index contributed by atoms with van der Waals surface area (Å²) < 4.78 is 0. The lowest BCUT2D eigenvalue weighted by atomic mass is 9.85. The number of aliphatic imine (C=N–C) groups is 1. The Bertz CT molecular complexity index is 426. The molecule has 2 atom stereocenters. The summed E-state index contributed by atoms with van der Waals surface area (Å²) >= 11 is 0. The molecule has 0 aromatic rings. The minimum atomic E-state index is -0.00717. The standard InChI is InChI=1S/C15H29N5O2.HI/c1-16-15(17-10-13(21)19(2)3)18-12-8-6-7-11(9-12)14(22)20(4)5;/h11-12H,6-10H2,1-5H3,(H2,16,17,18);1H. The average molecular weight is 439 g/mol. The average Bonchev–Trinajstić information content (AvgIpc) is 2.50. The number of amides is 2. The quantitative estimate of drug-likeness (QED) is 0.380. The first-order valence-electron chi connectivity index (χ1n) is 7.73. The van der Waals surface area contributed by atoms with Crippen molar-refractivity contribution in [3.63, 3.8) is 0 Å². The summed E-state index contributed by atoms with van der Waals surface area (Å²) in [7, 11) is 8.72. The van der Waals surface area contributed by atoms with Crippen LogP contribution in [-0.4, -0.2) is 75.4 Å². The molecular weight excluding hydrogens is 409 g/mol. The molecule has 1 saturated carbocycles. The minimum absolute atomic E-state index is 0. The van der Waals surface area contributed by atoms with Crippen LogP contribution in [0.4, 0.5) is 0 Å². The number of likely N-dealkylation sites (N-methyl/N-ethyl adjacent to an activating group) is 1. The number of nitrogens with one attached hydrogen (secondary N) is 2. The molecule has 2 amide bonds. The Labute approximate surface area is 156 Å². The first-order chi connectivity index (χ1) is 10.3. The van der Waals surface area contributed by atoms with Gasteiger partial charge < -0.3 is 20.4 Å². The summed E-state index contributed by atoms with van der Waals surface area (Å²) in [6.07, 6.45) is 3.79. The van der Waals surface area contributed by atoms with E-state index in [1.165, 1.54) is 4.90 Å². The molecule has 2 unspecified atom stereocenters. The van der Waals surface area contributed by atoms with E-state index in [2.05, 4.69) is 15.6 Å². The lowest BCUT2D eigenvalue weighted by Crippen LogP contribution is -2.48. The second-order valence-corrected chi connectivity index (χ2v) is 6.15. The van der Waals surface area contributed by atoms with Crippen LogP contribution in [0.2, 0.25) is 0 Å². The smallest absolute Gasteiger partial charge is 0.241 e. The summed E-state index contributed by atoms with van der Waals surface area (Å²) in [5.41, 5.74) is 0. The maximum absolute atomic E-state index is 12.1. The van der Waals surface area contributed by atoms with Crippen LogP contribution >= 0.6 is 24.0 Å². The van der Waals surface area contributed by atoms with Gasteiger partial charge in [0.25, 0.3) is 0 Å². The second kappa shape index (κ2) is 10.7. The summed E-state index contributed by atoms with van der Waals surface area (Å²) in [5.74, 6) is 0.866. The SMILES string of the molecule is CN=C(NCC(=O)N(C)C)NC1CCCC(C(=O)N(C)C)C1.I. The fourth-order valence-electron chi connectivity index (χ4n) is 2.62. The van der Waals surface area contributed by atoms with Gasteiger partial charge >= 0.3 is 0 Å². The lowest BCUT2D eigenvalue weighted by Gasteiger charge is -2.31. The summed E-state index contributed by atoms with van der Waals surface area (Å²) in [4.78, 5) is 31.0. The number of guanidine groups is 1. The molecule has 23 heavy (non-hydrogen) atoms. The third-order valence-corrected chi connectivity index (χ3v) is 3.93. The van der Waals surface area contributed by atoms with Crippen LogP contribution in [-0.2, 0) is 9.59 Å². The monoisotopic (exact) mass is 439 g/mol. The van der Waals surface area contributed by atoms with Crippen LogP contribution in [0.25, 0.3) is 0 Å². The van der Waals surface area contributed by atoms with Crippen LogP contribution in [0.1, 0.15) is 25.7 Å². The van der Waals surface area contributed by atoms with Crippen molar-refractivity contribution in [3.05, 3.63) is 0 Å². The van der Waals surface area contributed by atoms with Gasteiger partial charge in [-0.05, 0) is 19.3 Å². The molecule has 134 valence electrons. The minimum Gasteiger partial charge on any atom is -0.354 e. The highest BCUT2D eigenvalue weighted by Crippen LogP contribution is 2.25. The molecule has 0 aliphatic heterocycles. The lowest BCUT2D eigenvalue weighted by molar-refractivity contribution is -0.134. The molecule has 0 aromatic heterocycles. The number of halogens is 1. The normalized spacial score (nSPS) is 21.0. The number of hydrogen-bond donors (Lipinski definition) is 2. The van der Waals surface area contributed by atoms with Gasteiger partial charge in [-0.1, -0.05) is 6.42 Å². The van der Waals surface area contributed by atoms with Crippen molar-refractivity contribution < 1.29 is 9.59 Å². The maximum atomic E-state index is 12.1. The fraction of sp³-hybridized carbons (Fsp3) is 0.800. The van der Waals surface area contributed by atoms with Gasteiger partial charge in [-0.3, -0.25) is 14.6 Å². The van der Waals surface area contributed by atoms with E-state index in [1.54, 1.807) is 40.1 Å². The summed E-state index contributed by atoms with van der Waals surface area (Å²) in [6.45, 7) is 0.208. The van der Waals surface area contributed by atoms with Crippen molar-refractivity contribution in [2.75, 3.05) is 41.8 Å². The molecule has 0 heterocycles. The molecule has 7 nitrogen and oxygen atoms in total. The van der Waals surface area contributed by atoms with Crippen molar-refractivity contribution in [2.45, 2.75) is 31.7 Å². The first kappa shape index (κ1) is 21.9. The topological polar surface area (TPSA) is 77.0 Å². The Kier molecular flexibility index (Phi) is 10.2. The Morgan fingerprint density at radius 2 is 1.78 bits per heavy atom. The van der Waals surface area contributed by atoms with Crippen LogP contribution in [0.15, 0.2) is 4.99 Å². The van der Waals surface area contributed by atoms with E-state index in [9.17, 15) is 9.59 Å². The van der Waals surface area contributed by atoms with E-state index in [0.29, 0.717) is 5.96 Å². The van der Waals surface area contributed by atoms with Gasteiger partial charge in [0.05, 0.1) is 6.54 Å². The highest BCUT2D eigenvalue weighted by Gasteiger charge is 2.28. The van der Waals surface area contributed by atoms with Crippen LogP contribution in [0.3, 0.4) is 0 Å². The van der Waals surface area contributed by atoms with E-state index in [4.69, 9.17) is 0 Å². The predicted molar refractivity (Wildman–Crippen MR) is 103 cm³/mol. The molecule has 0 saturated heterocycles. The first-order valence-corrected chi connectivity index (χ1v) is 7.73. The Morgan fingerprint density at radius 1 is 1.13 bits per heavy atom. The van der Waals surface area contributed by atoms with E-state index in [-0.39, 0.29) is 54.3 Å². The van der Waals surface area contributed by atoms with E-state index in [0.717, 1.165) is 25.7 Å². The largest absolute Gasteiger partial charge is 0.354 e. The maximum Gasteiger partial charge on any atom is 0.241 e. The van der Waals surface area contributed by atoms with Crippen molar-refractivity contribution in [2.24, 2.45) is 10.9 Å². The highest BCUT2D eigenvalue weighted by molar-refractivity contribution is 14.0. The predicted octanol–water partition coefficient (Wildman–Crippen LogP) is 0.505. The summed E-state index contributed by atoms with van der Waals surface area (Å²) in [5, 5.41) is 6.34. The number of rotatable bonds is 4. The molecule has 8 heteroatoms. The molecule has 0 bridgehead atoms. The van der Waals surface area contributed by atoms with Gasteiger partial charge in [-0.15, -0.1) is 24.0 Å². The molecule has 1 aliphatic rings. The zero-order chi connectivity index (χ0) is 16.7. The van der Waals surface area contributed by atoms with Gasteiger partial charge in [0.15, 0.2) is 5.96 Å².